The zero-order chi connectivity index (χ0) is 14.0. The van der Waals surface area contributed by atoms with Gasteiger partial charge < -0.3 is 5.32 Å². The van der Waals surface area contributed by atoms with Crippen LogP contribution in [0.1, 0.15) is 16.7 Å². The van der Waals surface area contributed by atoms with E-state index < -0.39 is 11.7 Å². The van der Waals surface area contributed by atoms with Crippen molar-refractivity contribution in [2.75, 3.05) is 5.32 Å². The molecule has 2 aromatic heterocycles. The van der Waals surface area contributed by atoms with Crippen LogP contribution in [0.2, 0.25) is 5.15 Å². The van der Waals surface area contributed by atoms with E-state index in [9.17, 15) is 13.2 Å². The Morgan fingerprint density at radius 2 is 2.05 bits per heavy atom. The van der Waals surface area contributed by atoms with Crippen molar-refractivity contribution in [2.45, 2.75) is 19.6 Å². The molecular formula is C12H10ClF3N2S. The summed E-state index contributed by atoms with van der Waals surface area (Å²) in [6.45, 7) is 2.36. The van der Waals surface area contributed by atoms with E-state index in [1.807, 2.05) is 17.7 Å². The molecule has 0 unspecified atom stereocenters. The third-order valence-corrected chi connectivity index (χ3v) is 3.65. The standard InChI is InChI=1S/C12H10ClF3N2S/c1-7-5-19-6-8(7)4-17-11-3-9(12(14,15)16)2-10(13)18-11/h2-3,5-6H,4H2,1H3,(H,17,18). The van der Waals surface area contributed by atoms with E-state index in [-0.39, 0.29) is 11.0 Å². The van der Waals surface area contributed by atoms with E-state index in [1.165, 1.54) is 0 Å². The van der Waals surface area contributed by atoms with Crippen LogP contribution in [-0.4, -0.2) is 4.98 Å². The second kappa shape index (κ2) is 5.38. The van der Waals surface area contributed by atoms with Crippen molar-refractivity contribution in [1.82, 2.24) is 4.98 Å². The number of anilines is 1. The minimum atomic E-state index is -4.43. The number of thiophene rings is 1. The minimum absolute atomic E-state index is 0.116. The summed E-state index contributed by atoms with van der Waals surface area (Å²) in [5.41, 5.74) is 1.31. The second-order valence-electron chi connectivity index (χ2n) is 4.00. The number of alkyl halides is 3. The average Bonchev–Trinajstić information content (AvgIpc) is 2.70. The van der Waals surface area contributed by atoms with Gasteiger partial charge in [0.15, 0.2) is 0 Å². The van der Waals surface area contributed by atoms with Gasteiger partial charge in [-0.1, -0.05) is 11.6 Å². The zero-order valence-corrected chi connectivity index (χ0v) is 11.5. The lowest BCUT2D eigenvalue weighted by Crippen LogP contribution is -2.08. The molecule has 1 N–H and O–H groups in total. The van der Waals surface area contributed by atoms with Gasteiger partial charge in [-0.3, -0.25) is 0 Å². The lowest BCUT2D eigenvalue weighted by molar-refractivity contribution is -0.137. The first-order valence-corrected chi connectivity index (χ1v) is 6.68. The van der Waals surface area contributed by atoms with Crippen molar-refractivity contribution < 1.29 is 13.2 Å². The van der Waals surface area contributed by atoms with Crippen LogP contribution in [0.25, 0.3) is 0 Å². The molecule has 2 rings (SSSR count). The Morgan fingerprint density at radius 1 is 1.32 bits per heavy atom. The third-order valence-electron chi connectivity index (χ3n) is 2.54. The Labute approximate surface area is 117 Å². The van der Waals surface area contributed by atoms with Crippen LogP contribution in [0.5, 0.6) is 0 Å². The highest BCUT2D eigenvalue weighted by Crippen LogP contribution is 2.32. The molecule has 2 aromatic rings. The van der Waals surface area contributed by atoms with Crippen LogP contribution in [0, 0.1) is 6.92 Å². The molecule has 2 nitrogen and oxygen atoms in total. The molecule has 0 aliphatic rings. The molecular weight excluding hydrogens is 297 g/mol. The van der Waals surface area contributed by atoms with Gasteiger partial charge in [-0.2, -0.15) is 24.5 Å². The molecule has 102 valence electrons. The van der Waals surface area contributed by atoms with Crippen molar-refractivity contribution in [1.29, 1.82) is 0 Å². The van der Waals surface area contributed by atoms with Crippen LogP contribution in [0.15, 0.2) is 22.9 Å². The summed E-state index contributed by atoms with van der Waals surface area (Å²) in [6.07, 6.45) is -4.43. The summed E-state index contributed by atoms with van der Waals surface area (Å²) in [7, 11) is 0. The molecule has 0 aliphatic heterocycles. The van der Waals surface area contributed by atoms with Crippen LogP contribution in [0.3, 0.4) is 0 Å². The number of aryl methyl sites for hydroxylation is 1. The van der Waals surface area contributed by atoms with Crippen molar-refractivity contribution in [3.63, 3.8) is 0 Å². The topological polar surface area (TPSA) is 24.9 Å². The number of hydrogen-bond donors (Lipinski definition) is 1. The summed E-state index contributed by atoms with van der Waals surface area (Å²) in [4.78, 5) is 3.83. The molecule has 0 atom stereocenters. The monoisotopic (exact) mass is 306 g/mol. The van der Waals surface area contributed by atoms with E-state index in [0.717, 1.165) is 23.3 Å². The molecule has 0 aliphatic carbocycles. The van der Waals surface area contributed by atoms with Gasteiger partial charge >= 0.3 is 6.18 Å². The van der Waals surface area contributed by atoms with E-state index in [0.29, 0.717) is 6.54 Å². The molecule has 0 aromatic carbocycles. The van der Waals surface area contributed by atoms with E-state index in [1.54, 1.807) is 11.3 Å². The first-order chi connectivity index (χ1) is 8.86. The van der Waals surface area contributed by atoms with Gasteiger partial charge in [-0.25, -0.2) is 4.98 Å². The SMILES string of the molecule is Cc1cscc1CNc1cc(C(F)(F)F)cc(Cl)n1. The summed E-state index contributed by atoms with van der Waals surface area (Å²) >= 11 is 7.14. The molecule has 0 saturated heterocycles. The highest BCUT2D eigenvalue weighted by molar-refractivity contribution is 7.08. The van der Waals surface area contributed by atoms with Gasteiger partial charge in [-0.05, 0) is 40.9 Å². The molecule has 7 heteroatoms. The Bertz CT molecular complexity index is 581. The number of hydrogen-bond acceptors (Lipinski definition) is 3. The Morgan fingerprint density at radius 3 is 2.63 bits per heavy atom. The molecule has 0 bridgehead atoms. The van der Waals surface area contributed by atoms with Gasteiger partial charge in [0.05, 0.1) is 5.56 Å². The second-order valence-corrected chi connectivity index (χ2v) is 5.13. The lowest BCUT2D eigenvalue weighted by Gasteiger charge is -2.10. The highest BCUT2D eigenvalue weighted by atomic mass is 35.5. The summed E-state index contributed by atoms with van der Waals surface area (Å²) in [5, 5.41) is 6.59. The first kappa shape index (κ1) is 14.1. The summed E-state index contributed by atoms with van der Waals surface area (Å²) in [6, 6.07) is 1.76. The maximum absolute atomic E-state index is 12.6. The van der Waals surface area contributed by atoms with Crippen molar-refractivity contribution in [2.24, 2.45) is 0 Å². The van der Waals surface area contributed by atoms with E-state index in [2.05, 4.69) is 10.3 Å². The summed E-state index contributed by atoms with van der Waals surface area (Å²) < 4.78 is 37.8. The van der Waals surface area contributed by atoms with Crippen molar-refractivity contribution in [3.05, 3.63) is 44.7 Å². The number of aromatic nitrogens is 1. The van der Waals surface area contributed by atoms with Gasteiger partial charge in [0.2, 0.25) is 0 Å². The van der Waals surface area contributed by atoms with E-state index >= 15 is 0 Å². The Hall–Kier alpha value is -1.27. The number of pyridine rings is 1. The number of nitrogens with zero attached hydrogens (tertiary/aromatic N) is 1. The maximum atomic E-state index is 12.6. The smallest absolute Gasteiger partial charge is 0.366 e. The maximum Gasteiger partial charge on any atom is 0.416 e. The van der Waals surface area contributed by atoms with Crippen LogP contribution >= 0.6 is 22.9 Å². The van der Waals surface area contributed by atoms with E-state index in [4.69, 9.17) is 11.6 Å². The van der Waals surface area contributed by atoms with Gasteiger partial charge in [-0.15, -0.1) is 0 Å². The molecule has 0 spiro atoms. The zero-order valence-electron chi connectivity index (χ0n) is 9.88. The fourth-order valence-corrected chi connectivity index (χ4v) is 2.57. The minimum Gasteiger partial charge on any atom is -0.366 e. The molecule has 0 amide bonds. The van der Waals surface area contributed by atoms with Gasteiger partial charge in [0.1, 0.15) is 11.0 Å². The van der Waals surface area contributed by atoms with Crippen molar-refractivity contribution in [3.8, 4) is 0 Å². The molecule has 2 heterocycles. The Kier molecular flexibility index (Phi) is 4.01. The van der Waals surface area contributed by atoms with Crippen LogP contribution < -0.4 is 5.32 Å². The Balaban J connectivity index is 2.17. The number of halogens is 4. The highest BCUT2D eigenvalue weighted by Gasteiger charge is 2.31. The fraction of sp³-hybridized carbons (Fsp3) is 0.250. The van der Waals surface area contributed by atoms with Crippen LogP contribution in [0.4, 0.5) is 19.0 Å². The van der Waals surface area contributed by atoms with Gasteiger partial charge in [0.25, 0.3) is 0 Å². The third kappa shape index (κ3) is 3.61. The average molecular weight is 307 g/mol. The number of rotatable bonds is 3. The van der Waals surface area contributed by atoms with Gasteiger partial charge in [0, 0.05) is 6.54 Å². The summed E-state index contributed by atoms with van der Waals surface area (Å²) in [5.74, 6) is 0.116. The molecule has 0 radical (unpaired) electrons. The predicted molar refractivity (Wildman–Crippen MR) is 70.6 cm³/mol. The normalized spacial score (nSPS) is 11.6. The predicted octanol–water partition coefficient (Wildman–Crippen LogP) is 4.74. The molecule has 0 saturated carbocycles. The molecule has 0 fully saturated rings. The number of nitrogens with one attached hydrogen (secondary N) is 1. The fourth-order valence-electron chi connectivity index (χ4n) is 1.50. The quantitative estimate of drug-likeness (QED) is 0.829. The largest absolute Gasteiger partial charge is 0.416 e. The van der Waals surface area contributed by atoms with Crippen LogP contribution in [-0.2, 0) is 12.7 Å². The molecule has 19 heavy (non-hydrogen) atoms. The first-order valence-electron chi connectivity index (χ1n) is 5.36. The lowest BCUT2D eigenvalue weighted by atomic mass is 10.2. The van der Waals surface area contributed by atoms with Crippen molar-refractivity contribution >= 4 is 28.8 Å².